The zero-order chi connectivity index (χ0) is 21.1. The molecule has 4 rings (SSSR count). The van der Waals surface area contributed by atoms with Crippen LogP contribution in [0, 0.1) is 0 Å². The molecule has 0 bridgehead atoms. The number of hydrogen-bond donors (Lipinski definition) is 1. The van der Waals surface area contributed by atoms with Gasteiger partial charge >= 0.3 is 0 Å². The summed E-state index contributed by atoms with van der Waals surface area (Å²) in [6.45, 7) is 3.79. The number of amides is 1. The Kier molecular flexibility index (Phi) is 5.74. The van der Waals surface area contributed by atoms with E-state index in [0.717, 1.165) is 18.4 Å². The maximum atomic E-state index is 12.7. The highest BCUT2D eigenvalue weighted by molar-refractivity contribution is 7.89. The van der Waals surface area contributed by atoms with Crippen LogP contribution in [-0.4, -0.2) is 50.6 Å². The van der Waals surface area contributed by atoms with E-state index in [4.69, 9.17) is 9.47 Å². The summed E-state index contributed by atoms with van der Waals surface area (Å²) in [5, 5.41) is 4.15. The number of fused-ring (bicyclic) bond motifs is 1. The second-order valence-corrected chi connectivity index (χ2v) is 9.07. The van der Waals surface area contributed by atoms with E-state index in [9.17, 15) is 13.2 Å². The smallest absolute Gasteiger partial charge is 0.271 e. The van der Waals surface area contributed by atoms with Gasteiger partial charge in [-0.3, -0.25) is 4.79 Å². The van der Waals surface area contributed by atoms with E-state index in [1.807, 2.05) is 12.1 Å². The molecule has 158 valence electrons. The summed E-state index contributed by atoms with van der Waals surface area (Å²) in [5.41, 5.74) is 4.09. The second-order valence-electron chi connectivity index (χ2n) is 7.14. The van der Waals surface area contributed by atoms with Gasteiger partial charge in [0.15, 0.2) is 11.5 Å². The Morgan fingerprint density at radius 3 is 2.50 bits per heavy atom. The number of carbonyl (C=O) groups is 1. The lowest BCUT2D eigenvalue weighted by molar-refractivity contribution is 0.0954. The Hall–Kier alpha value is -2.91. The van der Waals surface area contributed by atoms with Crippen molar-refractivity contribution in [3.05, 3.63) is 53.6 Å². The van der Waals surface area contributed by atoms with Gasteiger partial charge in [0.25, 0.3) is 5.91 Å². The molecule has 9 heteroatoms. The number of benzene rings is 2. The first-order valence-corrected chi connectivity index (χ1v) is 11.2. The first-order chi connectivity index (χ1) is 14.4. The summed E-state index contributed by atoms with van der Waals surface area (Å²) in [4.78, 5) is 12.7. The van der Waals surface area contributed by atoms with Gasteiger partial charge in [0.1, 0.15) is 13.2 Å². The number of hydrazone groups is 1. The standard InChI is InChI=1S/C21H23N3O5S/c1-15(16-7-8-19-20(14-16)29-12-11-28-19)22-23-21(25)17-5-4-6-18(13-17)30(26,27)24-9-2-3-10-24/h4-8,13-14H,2-3,9-12H2,1H3,(H,23,25)/b22-15+. The highest BCUT2D eigenvalue weighted by Crippen LogP contribution is 2.30. The highest BCUT2D eigenvalue weighted by atomic mass is 32.2. The van der Waals surface area contributed by atoms with Crippen LogP contribution in [0.2, 0.25) is 0 Å². The van der Waals surface area contributed by atoms with Gasteiger partial charge < -0.3 is 9.47 Å². The Morgan fingerprint density at radius 2 is 1.73 bits per heavy atom. The lowest BCUT2D eigenvalue weighted by Crippen LogP contribution is -2.28. The SMILES string of the molecule is C/C(=N\NC(=O)c1cccc(S(=O)(=O)N2CCCC2)c1)c1ccc2c(c1)OCCO2. The lowest BCUT2D eigenvalue weighted by atomic mass is 10.1. The van der Waals surface area contributed by atoms with Crippen molar-refractivity contribution in [2.45, 2.75) is 24.7 Å². The van der Waals surface area contributed by atoms with Crippen molar-refractivity contribution in [1.82, 2.24) is 9.73 Å². The predicted molar refractivity (Wildman–Crippen MR) is 112 cm³/mol. The minimum Gasteiger partial charge on any atom is -0.486 e. The van der Waals surface area contributed by atoms with Gasteiger partial charge in [0.2, 0.25) is 10.0 Å². The third-order valence-corrected chi connectivity index (χ3v) is 6.98. The van der Waals surface area contributed by atoms with Crippen molar-refractivity contribution < 1.29 is 22.7 Å². The summed E-state index contributed by atoms with van der Waals surface area (Å²) >= 11 is 0. The summed E-state index contributed by atoms with van der Waals surface area (Å²) in [5.74, 6) is 0.836. The molecule has 0 unspecified atom stereocenters. The topological polar surface area (TPSA) is 97.3 Å². The number of sulfonamides is 1. The molecule has 30 heavy (non-hydrogen) atoms. The normalized spacial score (nSPS) is 17.0. The average molecular weight is 429 g/mol. The van der Waals surface area contributed by atoms with Crippen LogP contribution in [0.25, 0.3) is 0 Å². The van der Waals surface area contributed by atoms with Gasteiger partial charge in [0, 0.05) is 24.2 Å². The predicted octanol–water partition coefficient (Wildman–Crippen LogP) is 2.40. The molecule has 1 N–H and O–H groups in total. The molecule has 8 nitrogen and oxygen atoms in total. The van der Waals surface area contributed by atoms with Gasteiger partial charge in [0.05, 0.1) is 10.6 Å². The van der Waals surface area contributed by atoms with E-state index in [0.29, 0.717) is 43.5 Å². The molecule has 2 aromatic carbocycles. The molecule has 1 saturated heterocycles. The van der Waals surface area contributed by atoms with E-state index in [1.54, 1.807) is 25.1 Å². The molecular formula is C21H23N3O5S. The minimum absolute atomic E-state index is 0.115. The Labute approximate surface area is 175 Å². The molecule has 0 spiro atoms. The zero-order valence-corrected chi connectivity index (χ0v) is 17.4. The molecule has 2 aliphatic heterocycles. The minimum atomic E-state index is -3.59. The van der Waals surface area contributed by atoms with E-state index >= 15 is 0 Å². The van der Waals surface area contributed by atoms with Gasteiger partial charge in [-0.25, -0.2) is 13.8 Å². The summed E-state index contributed by atoms with van der Waals surface area (Å²) in [6.07, 6.45) is 1.71. The highest BCUT2D eigenvalue weighted by Gasteiger charge is 2.27. The monoisotopic (exact) mass is 429 g/mol. The van der Waals surface area contributed by atoms with Crippen LogP contribution >= 0.6 is 0 Å². The third kappa shape index (κ3) is 4.17. The largest absolute Gasteiger partial charge is 0.486 e. The Balaban J connectivity index is 1.49. The third-order valence-electron chi connectivity index (χ3n) is 5.08. The fourth-order valence-electron chi connectivity index (χ4n) is 3.41. The molecule has 0 atom stereocenters. The van der Waals surface area contributed by atoms with E-state index in [-0.39, 0.29) is 10.5 Å². The number of rotatable bonds is 5. The fraction of sp³-hybridized carbons (Fsp3) is 0.333. The quantitative estimate of drug-likeness (QED) is 0.581. The molecule has 0 saturated carbocycles. The van der Waals surface area contributed by atoms with E-state index in [1.165, 1.54) is 16.4 Å². The Morgan fingerprint density at radius 1 is 1.00 bits per heavy atom. The van der Waals surface area contributed by atoms with Crippen LogP contribution in [0.5, 0.6) is 11.5 Å². The molecule has 2 heterocycles. The lowest BCUT2D eigenvalue weighted by Gasteiger charge is -2.18. The number of nitrogens with zero attached hydrogens (tertiary/aromatic N) is 2. The Bertz CT molecular complexity index is 1090. The first kappa shape index (κ1) is 20.4. The summed E-state index contributed by atoms with van der Waals surface area (Å²) in [6, 6.07) is 11.5. The van der Waals surface area contributed by atoms with Crippen LogP contribution in [0.3, 0.4) is 0 Å². The van der Waals surface area contributed by atoms with Gasteiger partial charge in [-0.1, -0.05) is 6.07 Å². The molecule has 1 amide bonds. The van der Waals surface area contributed by atoms with E-state index < -0.39 is 15.9 Å². The van der Waals surface area contributed by atoms with Crippen LogP contribution in [0.15, 0.2) is 52.5 Å². The summed E-state index contributed by atoms with van der Waals surface area (Å²) in [7, 11) is -3.59. The molecule has 1 fully saturated rings. The number of nitrogens with one attached hydrogen (secondary N) is 1. The molecule has 0 aromatic heterocycles. The van der Waals surface area contributed by atoms with Crippen molar-refractivity contribution in [2.24, 2.45) is 5.10 Å². The zero-order valence-electron chi connectivity index (χ0n) is 16.6. The summed E-state index contributed by atoms with van der Waals surface area (Å²) < 4.78 is 38.0. The molecular weight excluding hydrogens is 406 g/mol. The average Bonchev–Trinajstić information content (AvgIpc) is 3.33. The second kappa shape index (κ2) is 8.45. The van der Waals surface area contributed by atoms with Gasteiger partial charge in [-0.2, -0.15) is 9.41 Å². The number of ether oxygens (including phenoxy) is 2. The number of hydrogen-bond acceptors (Lipinski definition) is 6. The van der Waals surface area contributed by atoms with Crippen molar-refractivity contribution in [3.63, 3.8) is 0 Å². The number of carbonyl (C=O) groups excluding carboxylic acids is 1. The molecule has 0 radical (unpaired) electrons. The fourth-order valence-corrected chi connectivity index (χ4v) is 4.97. The van der Waals surface area contributed by atoms with E-state index in [2.05, 4.69) is 10.5 Å². The van der Waals surface area contributed by atoms with Crippen molar-refractivity contribution in [3.8, 4) is 11.5 Å². The maximum Gasteiger partial charge on any atom is 0.271 e. The molecule has 2 aromatic rings. The van der Waals surface area contributed by atoms with Gasteiger partial charge in [-0.15, -0.1) is 0 Å². The van der Waals surface area contributed by atoms with Crippen molar-refractivity contribution in [2.75, 3.05) is 26.3 Å². The van der Waals surface area contributed by atoms with Crippen LogP contribution < -0.4 is 14.9 Å². The van der Waals surface area contributed by atoms with Crippen LogP contribution in [0.1, 0.15) is 35.7 Å². The maximum absolute atomic E-state index is 12.7. The van der Waals surface area contributed by atoms with Crippen LogP contribution in [0.4, 0.5) is 0 Å². The molecule has 0 aliphatic carbocycles. The van der Waals surface area contributed by atoms with Crippen molar-refractivity contribution in [1.29, 1.82) is 0 Å². The van der Waals surface area contributed by atoms with Crippen molar-refractivity contribution >= 4 is 21.6 Å². The first-order valence-electron chi connectivity index (χ1n) is 9.80. The molecule has 2 aliphatic rings. The van der Waals surface area contributed by atoms with Crippen LogP contribution in [-0.2, 0) is 10.0 Å². The van der Waals surface area contributed by atoms with Gasteiger partial charge in [-0.05, 0) is 56.2 Å².